The predicted octanol–water partition coefficient (Wildman–Crippen LogP) is 4.87. The number of nitrogens with zero attached hydrogens (tertiary/aromatic N) is 6. The number of piperazine rings is 1. The molecule has 5 rings (SSSR count). The summed E-state index contributed by atoms with van der Waals surface area (Å²) in [7, 11) is 0. The fraction of sp³-hybridized carbons (Fsp3) is 0.360. The summed E-state index contributed by atoms with van der Waals surface area (Å²) in [5.74, 6) is 0.466. The normalized spacial score (nSPS) is 15.3. The molecule has 34 heavy (non-hydrogen) atoms. The largest absolute Gasteiger partial charge is 0.309 e. The van der Waals surface area contributed by atoms with Crippen LogP contribution in [0.5, 0.6) is 0 Å². The molecule has 0 aliphatic carbocycles. The van der Waals surface area contributed by atoms with Crippen LogP contribution in [-0.4, -0.2) is 62.0 Å². The van der Waals surface area contributed by atoms with Crippen molar-refractivity contribution in [2.45, 2.75) is 33.4 Å². The van der Waals surface area contributed by atoms with E-state index in [1.165, 1.54) is 6.20 Å². The molecule has 3 aromatic heterocycles. The van der Waals surface area contributed by atoms with E-state index in [0.717, 1.165) is 53.5 Å². The monoisotopic (exact) mass is 477 g/mol. The highest BCUT2D eigenvalue weighted by Crippen LogP contribution is 2.29. The lowest BCUT2D eigenvalue weighted by molar-refractivity contribution is 0.104. The molecule has 1 saturated heterocycles. The standard InChI is InChI=1S/C25H28FN7S/c1-16(2)33-10-8-32(9-11-33)15-18-4-7-23(27-13-18)30-25-28-14-20(26)24(31-25)19-5-6-21-22(12-19)34-17(3)29-21/h4-7,12-14,16H,8-11,15H2,1-3H3,(H,27,28,30,31). The predicted molar refractivity (Wildman–Crippen MR) is 135 cm³/mol. The van der Waals surface area contributed by atoms with Crippen molar-refractivity contribution < 1.29 is 4.39 Å². The van der Waals surface area contributed by atoms with Gasteiger partial charge in [-0.15, -0.1) is 11.3 Å². The summed E-state index contributed by atoms with van der Waals surface area (Å²) in [5.41, 5.74) is 3.02. The molecule has 0 radical (unpaired) electrons. The van der Waals surface area contributed by atoms with Crippen LogP contribution in [0.25, 0.3) is 21.5 Å². The minimum Gasteiger partial charge on any atom is -0.309 e. The second kappa shape index (κ2) is 9.69. The molecule has 1 aliphatic rings. The fourth-order valence-electron chi connectivity index (χ4n) is 4.22. The molecule has 7 nitrogen and oxygen atoms in total. The summed E-state index contributed by atoms with van der Waals surface area (Å²) in [6.45, 7) is 11.7. The maximum atomic E-state index is 14.6. The zero-order chi connectivity index (χ0) is 23.7. The number of halogens is 1. The lowest BCUT2D eigenvalue weighted by atomic mass is 10.1. The van der Waals surface area contributed by atoms with E-state index in [9.17, 15) is 4.39 Å². The van der Waals surface area contributed by atoms with Crippen LogP contribution >= 0.6 is 11.3 Å². The molecule has 1 aliphatic heterocycles. The molecule has 0 spiro atoms. The highest BCUT2D eigenvalue weighted by atomic mass is 32.1. The van der Waals surface area contributed by atoms with Crippen LogP contribution in [0.1, 0.15) is 24.4 Å². The molecule has 0 amide bonds. The number of thiazole rings is 1. The van der Waals surface area contributed by atoms with Crippen LogP contribution in [0, 0.1) is 12.7 Å². The van der Waals surface area contributed by atoms with Gasteiger partial charge in [-0.3, -0.25) is 9.80 Å². The number of anilines is 2. The Morgan fingerprint density at radius 3 is 2.59 bits per heavy atom. The van der Waals surface area contributed by atoms with E-state index >= 15 is 0 Å². The maximum absolute atomic E-state index is 14.6. The number of pyridine rings is 1. The van der Waals surface area contributed by atoms with Crippen molar-refractivity contribution in [3.8, 4) is 11.3 Å². The SMILES string of the molecule is Cc1nc2ccc(-c3nc(Nc4ccc(CN5CCN(C(C)C)CC5)cn4)ncc3F)cc2s1. The first kappa shape index (κ1) is 22.8. The Labute approximate surface area is 202 Å². The molecule has 0 saturated carbocycles. The molecule has 176 valence electrons. The second-order valence-corrected chi connectivity index (χ2v) is 10.1. The first-order chi connectivity index (χ1) is 16.4. The number of aryl methyl sites for hydroxylation is 1. The van der Waals surface area contributed by atoms with Crippen LogP contribution in [0.3, 0.4) is 0 Å². The van der Waals surface area contributed by atoms with Crippen molar-refractivity contribution >= 4 is 33.3 Å². The Hall–Kier alpha value is -3.01. The zero-order valence-electron chi connectivity index (χ0n) is 19.6. The average Bonchev–Trinajstić information content (AvgIpc) is 3.21. The van der Waals surface area contributed by atoms with Crippen molar-refractivity contribution in [2.75, 3.05) is 31.5 Å². The van der Waals surface area contributed by atoms with Crippen LogP contribution in [0.4, 0.5) is 16.2 Å². The van der Waals surface area contributed by atoms with Crippen molar-refractivity contribution in [3.05, 3.63) is 59.1 Å². The number of nitrogens with one attached hydrogen (secondary N) is 1. The first-order valence-electron chi connectivity index (χ1n) is 11.5. The lowest BCUT2D eigenvalue weighted by Gasteiger charge is -2.36. The van der Waals surface area contributed by atoms with Crippen LogP contribution in [0.2, 0.25) is 0 Å². The fourth-order valence-corrected chi connectivity index (χ4v) is 5.09. The molecule has 1 N–H and O–H groups in total. The smallest absolute Gasteiger partial charge is 0.229 e. The third kappa shape index (κ3) is 5.06. The van der Waals surface area contributed by atoms with Gasteiger partial charge in [-0.1, -0.05) is 12.1 Å². The van der Waals surface area contributed by atoms with Crippen LogP contribution in [-0.2, 0) is 6.54 Å². The van der Waals surface area contributed by atoms with Gasteiger partial charge in [0.2, 0.25) is 5.95 Å². The van der Waals surface area contributed by atoms with Gasteiger partial charge in [0.25, 0.3) is 0 Å². The second-order valence-electron chi connectivity index (χ2n) is 8.89. The van der Waals surface area contributed by atoms with E-state index in [-0.39, 0.29) is 5.69 Å². The molecule has 0 atom stereocenters. The Kier molecular flexibility index (Phi) is 6.49. The summed E-state index contributed by atoms with van der Waals surface area (Å²) < 4.78 is 15.6. The van der Waals surface area contributed by atoms with Crippen molar-refractivity contribution in [3.63, 3.8) is 0 Å². The Balaban J connectivity index is 1.26. The van der Waals surface area contributed by atoms with Crippen LogP contribution in [0.15, 0.2) is 42.7 Å². The quantitative estimate of drug-likeness (QED) is 0.425. The Bertz CT molecular complexity index is 1280. The number of hydrogen-bond acceptors (Lipinski definition) is 8. The minimum atomic E-state index is -0.466. The molecule has 1 aromatic carbocycles. The van der Waals surface area contributed by atoms with Gasteiger partial charge in [-0.05, 0) is 44.5 Å². The van der Waals surface area contributed by atoms with Gasteiger partial charge in [-0.25, -0.2) is 24.3 Å². The maximum Gasteiger partial charge on any atom is 0.229 e. The molecule has 0 unspecified atom stereocenters. The molecule has 9 heteroatoms. The third-order valence-corrected chi connectivity index (χ3v) is 7.05. The molecular weight excluding hydrogens is 449 g/mol. The van der Waals surface area contributed by atoms with Crippen molar-refractivity contribution in [1.29, 1.82) is 0 Å². The number of benzene rings is 1. The van der Waals surface area contributed by atoms with Gasteiger partial charge >= 0.3 is 0 Å². The number of hydrogen-bond donors (Lipinski definition) is 1. The Morgan fingerprint density at radius 1 is 1.03 bits per heavy atom. The van der Waals surface area contributed by atoms with Gasteiger partial charge in [0.15, 0.2) is 5.82 Å². The molecule has 4 aromatic rings. The minimum absolute atomic E-state index is 0.252. The van der Waals surface area contributed by atoms with Gasteiger partial charge in [-0.2, -0.15) is 0 Å². The van der Waals surface area contributed by atoms with E-state index in [1.807, 2.05) is 37.4 Å². The van der Waals surface area contributed by atoms with Gasteiger partial charge in [0.1, 0.15) is 11.5 Å². The van der Waals surface area contributed by atoms with Gasteiger partial charge in [0.05, 0.1) is 21.4 Å². The molecular formula is C25H28FN7S. The van der Waals surface area contributed by atoms with Crippen molar-refractivity contribution in [1.82, 2.24) is 29.7 Å². The highest BCUT2D eigenvalue weighted by molar-refractivity contribution is 7.18. The molecule has 4 heterocycles. The van der Waals surface area contributed by atoms with Crippen molar-refractivity contribution in [2.24, 2.45) is 0 Å². The summed E-state index contributed by atoms with van der Waals surface area (Å²) >= 11 is 1.58. The summed E-state index contributed by atoms with van der Waals surface area (Å²) in [5, 5.41) is 4.08. The number of fused-ring (bicyclic) bond motifs is 1. The van der Waals surface area contributed by atoms with E-state index in [4.69, 9.17) is 0 Å². The number of rotatable bonds is 6. The van der Waals surface area contributed by atoms with Gasteiger partial charge < -0.3 is 5.32 Å². The average molecular weight is 478 g/mol. The van der Waals surface area contributed by atoms with E-state index in [1.54, 1.807) is 11.3 Å². The van der Waals surface area contributed by atoms with Gasteiger partial charge in [0, 0.05) is 50.5 Å². The summed E-state index contributed by atoms with van der Waals surface area (Å²) in [4.78, 5) is 22.5. The number of aromatic nitrogens is 4. The molecule has 0 bridgehead atoms. The molecule has 1 fully saturated rings. The lowest BCUT2D eigenvalue weighted by Crippen LogP contribution is -2.48. The summed E-state index contributed by atoms with van der Waals surface area (Å²) in [6, 6.07) is 10.2. The topological polar surface area (TPSA) is 70.1 Å². The third-order valence-electron chi connectivity index (χ3n) is 6.12. The first-order valence-corrected chi connectivity index (χ1v) is 12.3. The van der Waals surface area contributed by atoms with Crippen LogP contribution < -0.4 is 5.32 Å². The van der Waals surface area contributed by atoms with E-state index in [0.29, 0.717) is 23.4 Å². The zero-order valence-corrected chi connectivity index (χ0v) is 20.4. The van der Waals surface area contributed by atoms with E-state index in [2.05, 4.69) is 55.0 Å². The Morgan fingerprint density at radius 2 is 1.85 bits per heavy atom. The summed E-state index contributed by atoms with van der Waals surface area (Å²) in [6.07, 6.45) is 3.07. The highest BCUT2D eigenvalue weighted by Gasteiger charge is 2.19. The van der Waals surface area contributed by atoms with E-state index < -0.39 is 5.82 Å².